The molecule has 15 heteroatoms. The van der Waals surface area contributed by atoms with Crippen LogP contribution in [0, 0.1) is 0 Å². The normalized spacial score (nSPS) is 11.8. The van der Waals surface area contributed by atoms with Crippen molar-refractivity contribution in [3.63, 3.8) is 0 Å². The number of methoxy groups -OCH3 is 2. The van der Waals surface area contributed by atoms with Crippen LogP contribution in [0.5, 0.6) is 11.5 Å². The lowest BCUT2D eigenvalue weighted by atomic mass is 10.2. The fraction of sp³-hybridized carbons (Fsp3) is 0.138. The molecule has 1 amide bonds. The number of rotatable bonds is 11. The highest BCUT2D eigenvalue weighted by Gasteiger charge is 2.31. The number of ether oxygens (including phenoxy) is 2. The second-order valence-electron chi connectivity index (χ2n) is 9.12. The summed E-state index contributed by atoms with van der Waals surface area (Å²) in [5.74, 6) is -0.179. The van der Waals surface area contributed by atoms with E-state index < -0.39 is 44.2 Å². The van der Waals surface area contributed by atoms with Gasteiger partial charge >= 0.3 is 6.18 Å². The van der Waals surface area contributed by atoms with Crippen LogP contribution in [-0.2, 0) is 31.0 Å². The van der Waals surface area contributed by atoms with E-state index in [1.807, 2.05) is 0 Å². The van der Waals surface area contributed by atoms with Crippen LogP contribution in [0.2, 0.25) is 0 Å². The Bertz CT molecular complexity index is 1850. The Labute approximate surface area is 252 Å². The van der Waals surface area contributed by atoms with E-state index in [9.17, 15) is 34.8 Å². The number of carbonyl (C=O) groups excluding carboxylic acids is 1. The second-order valence-corrected chi connectivity index (χ2v) is 12.7. The molecule has 0 fully saturated rings. The van der Waals surface area contributed by atoms with Crippen LogP contribution in [0.3, 0.4) is 0 Å². The molecule has 0 heterocycles. The summed E-state index contributed by atoms with van der Waals surface area (Å²) in [6, 6.07) is 20.3. The Morgan fingerprint density at radius 1 is 0.750 bits per heavy atom. The molecule has 0 saturated carbocycles. The van der Waals surface area contributed by atoms with Crippen LogP contribution in [0.15, 0.2) is 107 Å². The lowest BCUT2D eigenvalue weighted by Crippen LogP contribution is -2.38. The van der Waals surface area contributed by atoms with Gasteiger partial charge in [-0.05, 0) is 66.7 Å². The minimum atomic E-state index is -4.66. The van der Waals surface area contributed by atoms with Crippen LogP contribution in [-0.4, -0.2) is 43.5 Å². The summed E-state index contributed by atoms with van der Waals surface area (Å²) in [6.45, 7) is -0.663. The Balaban J connectivity index is 1.55. The third-order valence-electron chi connectivity index (χ3n) is 6.16. The fourth-order valence-electron chi connectivity index (χ4n) is 4.04. The molecule has 0 unspecified atom stereocenters. The maximum absolute atomic E-state index is 13.6. The summed E-state index contributed by atoms with van der Waals surface area (Å²) in [7, 11) is -5.72. The van der Waals surface area contributed by atoms with E-state index in [2.05, 4.69) is 10.0 Å². The zero-order valence-corrected chi connectivity index (χ0v) is 24.8. The molecule has 4 rings (SSSR count). The molecule has 0 atom stereocenters. The van der Waals surface area contributed by atoms with Crippen molar-refractivity contribution in [3.8, 4) is 11.5 Å². The lowest BCUT2D eigenvalue weighted by molar-refractivity contribution is -0.137. The van der Waals surface area contributed by atoms with Crippen molar-refractivity contribution in [3.05, 3.63) is 103 Å². The van der Waals surface area contributed by atoms with Gasteiger partial charge in [0.25, 0.3) is 20.0 Å². The van der Waals surface area contributed by atoms with Crippen LogP contribution in [0.25, 0.3) is 0 Å². The number of halogens is 3. The first-order chi connectivity index (χ1) is 20.7. The van der Waals surface area contributed by atoms with Gasteiger partial charge in [0.2, 0.25) is 5.91 Å². The Morgan fingerprint density at radius 3 is 2.02 bits per heavy atom. The van der Waals surface area contributed by atoms with Gasteiger partial charge in [0.15, 0.2) is 11.5 Å². The average Bonchev–Trinajstić information content (AvgIpc) is 2.99. The van der Waals surface area contributed by atoms with Gasteiger partial charge in [0.05, 0.1) is 35.3 Å². The standard InChI is InChI=1S/C29H26F3N3O7S2/c1-41-26-16-13-23(18-27(26)42-2)35(44(39,40)25-9-4-3-5-10-25)19-28(36)33-21-11-14-24(15-12-21)43(37,38)34-22-8-6-7-20(17-22)29(30,31)32/h3-18,34H,19H2,1-2H3,(H,33,36). The van der Waals surface area contributed by atoms with Crippen molar-refractivity contribution in [2.24, 2.45) is 0 Å². The molecule has 232 valence electrons. The molecule has 0 aliphatic carbocycles. The molecule has 0 radical (unpaired) electrons. The van der Waals surface area contributed by atoms with E-state index in [0.29, 0.717) is 11.8 Å². The quantitative estimate of drug-likeness (QED) is 0.224. The van der Waals surface area contributed by atoms with Gasteiger partial charge < -0.3 is 14.8 Å². The summed E-state index contributed by atoms with van der Waals surface area (Å²) in [5, 5.41) is 2.53. The van der Waals surface area contributed by atoms with E-state index in [-0.39, 0.29) is 32.6 Å². The van der Waals surface area contributed by atoms with Gasteiger partial charge in [-0.15, -0.1) is 0 Å². The Hall–Kier alpha value is -4.76. The van der Waals surface area contributed by atoms with Gasteiger partial charge in [0, 0.05) is 17.4 Å². The summed E-state index contributed by atoms with van der Waals surface area (Å²) < 4.78 is 105. The first kappa shape index (κ1) is 32.2. The molecule has 4 aromatic carbocycles. The third kappa shape index (κ3) is 7.41. The van der Waals surface area contributed by atoms with Crippen molar-refractivity contribution >= 4 is 43.0 Å². The van der Waals surface area contributed by atoms with E-state index in [4.69, 9.17) is 9.47 Å². The van der Waals surface area contributed by atoms with Crippen molar-refractivity contribution in [2.75, 3.05) is 35.1 Å². The number of alkyl halides is 3. The molecule has 0 spiro atoms. The van der Waals surface area contributed by atoms with Gasteiger partial charge in [-0.1, -0.05) is 24.3 Å². The number of hydrogen-bond acceptors (Lipinski definition) is 7. The minimum Gasteiger partial charge on any atom is -0.493 e. The topological polar surface area (TPSA) is 131 Å². The maximum Gasteiger partial charge on any atom is 0.416 e. The largest absolute Gasteiger partial charge is 0.493 e. The monoisotopic (exact) mass is 649 g/mol. The molecule has 0 saturated heterocycles. The average molecular weight is 650 g/mol. The van der Waals surface area contributed by atoms with Crippen molar-refractivity contribution in [1.29, 1.82) is 0 Å². The predicted molar refractivity (Wildman–Crippen MR) is 158 cm³/mol. The van der Waals surface area contributed by atoms with E-state index in [1.165, 1.54) is 74.9 Å². The Kier molecular flexibility index (Phi) is 9.39. The van der Waals surface area contributed by atoms with E-state index >= 15 is 0 Å². The van der Waals surface area contributed by atoms with Crippen molar-refractivity contribution in [1.82, 2.24) is 0 Å². The van der Waals surface area contributed by atoms with Gasteiger partial charge in [-0.2, -0.15) is 13.2 Å². The fourth-order valence-corrected chi connectivity index (χ4v) is 6.52. The molecule has 0 aromatic heterocycles. The number of sulfonamides is 2. The first-order valence-electron chi connectivity index (χ1n) is 12.6. The molecule has 44 heavy (non-hydrogen) atoms. The van der Waals surface area contributed by atoms with Crippen molar-refractivity contribution < 1.29 is 44.3 Å². The number of anilines is 3. The highest BCUT2D eigenvalue weighted by molar-refractivity contribution is 7.93. The molecule has 0 aliphatic heterocycles. The molecule has 4 aromatic rings. The van der Waals surface area contributed by atoms with Crippen LogP contribution < -0.4 is 23.8 Å². The smallest absolute Gasteiger partial charge is 0.416 e. The van der Waals surface area contributed by atoms with Crippen LogP contribution in [0.4, 0.5) is 30.2 Å². The molecule has 2 N–H and O–H groups in total. The summed E-state index contributed by atoms with van der Waals surface area (Å²) in [6.07, 6.45) is -4.66. The molecule has 0 aliphatic rings. The predicted octanol–water partition coefficient (Wildman–Crippen LogP) is 5.36. The molecule has 0 bridgehead atoms. The highest BCUT2D eigenvalue weighted by atomic mass is 32.2. The zero-order chi connectivity index (χ0) is 32.1. The SMILES string of the molecule is COc1ccc(N(CC(=O)Nc2ccc(S(=O)(=O)Nc3cccc(C(F)(F)F)c3)cc2)S(=O)(=O)c2ccccc2)cc1OC. The lowest BCUT2D eigenvalue weighted by Gasteiger charge is -2.25. The zero-order valence-electron chi connectivity index (χ0n) is 23.2. The Morgan fingerprint density at radius 2 is 1.41 bits per heavy atom. The number of hydrogen-bond donors (Lipinski definition) is 2. The number of carbonyl (C=O) groups is 1. The number of benzene rings is 4. The van der Waals surface area contributed by atoms with Gasteiger partial charge in [-0.25, -0.2) is 16.8 Å². The van der Waals surface area contributed by atoms with Crippen LogP contribution >= 0.6 is 0 Å². The number of nitrogens with zero attached hydrogens (tertiary/aromatic N) is 1. The summed E-state index contributed by atoms with van der Waals surface area (Å²) >= 11 is 0. The minimum absolute atomic E-state index is 0.0644. The molecule has 10 nitrogen and oxygen atoms in total. The molecular formula is C29H26F3N3O7S2. The number of nitrogens with one attached hydrogen (secondary N) is 2. The summed E-state index contributed by atoms with van der Waals surface area (Å²) in [5.41, 5.74) is -1.06. The van der Waals surface area contributed by atoms with E-state index in [1.54, 1.807) is 6.07 Å². The van der Waals surface area contributed by atoms with E-state index in [0.717, 1.165) is 28.6 Å². The summed E-state index contributed by atoms with van der Waals surface area (Å²) in [4.78, 5) is 12.7. The van der Waals surface area contributed by atoms with Crippen molar-refractivity contribution in [2.45, 2.75) is 16.0 Å². The van der Waals surface area contributed by atoms with Gasteiger partial charge in [-0.3, -0.25) is 13.8 Å². The third-order valence-corrected chi connectivity index (χ3v) is 9.35. The van der Waals surface area contributed by atoms with Gasteiger partial charge in [0.1, 0.15) is 6.54 Å². The maximum atomic E-state index is 13.6. The second kappa shape index (κ2) is 12.9. The van der Waals surface area contributed by atoms with Crippen LogP contribution in [0.1, 0.15) is 5.56 Å². The highest BCUT2D eigenvalue weighted by Crippen LogP contribution is 2.34. The first-order valence-corrected chi connectivity index (χ1v) is 15.6. The number of amides is 1. The molecular weight excluding hydrogens is 623 g/mol.